The first-order chi connectivity index (χ1) is 8.22. The molecule has 5 heteroatoms. The molecule has 0 aromatic carbocycles. The molecule has 2 rings (SSSR count). The number of pyridine rings is 1. The number of hydrogen-bond donors (Lipinski definition) is 2. The number of hydrogen-bond acceptors (Lipinski definition) is 5. The molecule has 0 spiro atoms. The third-order valence-electron chi connectivity index (χ3n) is 2.66. The van der Waals surface area contributed by atoms with E-state index in [0.717, 1.165) is 22.5 Å². The molecule has 0 aliphatic carbocycles. The van der Waals surface area contributed by atoms with E-state index in [1.54, 1.807) is 12.4 Å². The number of nitrogens with zero attached hydrogens (tertiary/aromatic N) is 3. The first-order valence-electron chi connectivity index (χ1n) is 5.37. The van der Waals surface area contributed by atoms with Crippen LogP contribution in [0.25, 0.3) is 0 Å². The Balaban J connectivity index is 2.42. The summed E-state index contributed by atoms with van der Waals surface area (Å²) in [6.45, 7) is 3.93. The fraction of sp³-hybridized carbons (Fsp3) is 0.250. The monoisotopic (exact) mass is 229 g/mol. The van der Waals surface area contributed by atoms with Crippen LogP contribution >= 0.6 is 0 Å². The molecule has 88 valence electrons. The van der Waals surface area contributed by atoms with Crippen LogP contribution in [0.3, 0.4) is 0 Å². The quantitative estimate of drug-likeness (QED) is 0.607. The second-order valence-corrected chi connectivity index (χ2v) is 3.90. The van der Waals surface area contributed by atoms with Gasteiger partial charge >= 0.3 is 0 Å². The van der Waals surface area contributed by atoms with E-state index in [1.807, 2.05) is 26.0 Å². The van der Waals surface area contributed by atoms with Gasteiger partial charge in [-0.3, -0.25) is 10.8 Å². The van der Waals surface area contributed by atoms with Crippen molar-refractivity contribution < 1.29 is 0 Å². The van der Waals surface area contributed by atoms with E-state index in [9.17, 15) is 0 Å². The summed E-state index contributed by atoms with van der Waals surface area (Å²) in [7, 11) is 0. The Morgan fingerprint density at radius 1 is 1.18 bits per heavy atom. The molecule has 1 atom stereocenters. The molecule has 2 heterocycles. The van der Waals surface area contributed by atoms with Gasteiger partial charge in [-0.15, -0.1) is 0 Å². The molecule has 2 aromatic heterocycles. The first-order valence-corrected chi connectivity index (χ1v) is 5.37. The first kappa shape index (κ1) is 11.6. The minimum absolute atomic E-state index is 0.135. The summed E-state index contributed by atoms with van der Waals surface area (Å²) in [5.74, 6) is 5.61. The lowest BCUT2D eigenvalue weighted by molar-refractivity contribution is 0.625. The van der Waals surface area contributed by atoms with Gasteiger partial charge in [-0.25, -0.2) is 15.4 Å². The number of rotatable bonds is 3. The number of aryl methyl sites for hydroxylation is 2. The van der Waals surface area contributed by atoms with Gasteiger partial charge in [0.25, 0.3) is 0 Å². The average molecular weight is 229 g/mol. The predicted molar refractivity (Wildman–Crippen MR) is 64.9 cm³/mol. The van der Waals surface area contributed by atoms with Crippen LogP contribution in [0.5, 0.6) is 0 Å². The number of aromatic nitrogens is 3. The van der Waals surface area contributed by atoms with Crippen LogP contribution < -0.4 is 11.3 Å². The van der Waals surface area contributed by atoms with E-state index < -0.39 is 0 Å². The summed E-state index contributed by atoms with van der Waals surface area (Å²) in [6, 6.07) is 3.86. The average Bonchev–Trinajstić information content (AvgIpc) is 2.34. The molecule has 0 saturated heterocycles. The Morgan fingerprint density at radius 3 is 2.47 bits per heavy atom. The van der Waals surface area contributed by atoms with Gasteiger partial charge in [-0.1, -0.05) is 6.07 Å². The molecule has 0 radical (unpaired) electrons. The molecular formula is C12H15N5. The van der Waals surface area contributed by atoms with Crippen molar-refractivity contribution in [3.8, 4) is 0 Å². The van der Waals surface area contributed by atoms with Crippen LogP contribution in [0, 0.1) is 13.8 Å². The summed E-state index contributed by atoms with van der Waals surface area (Å²) in [5, 5.41) is 0. The largest absolute Gasteiger partial charge is 0.271 e. The number of hydrazine groups is 1. The zero-order chi connectivity index (χ0) is 12.3. The molecule has 2 aromatic rings. The molecule has 0 amide bonds. The normalized spacial score (nSPS) is 12.4. The van der Waals surface area contributed by atoms with Gasteiger partial charge in [0.15, 0.2) is 0 Å². The predicted octanol–water partition coefficient (Wildman–Crippen LogP) is 1.04. The Hall–Kier alpha value is -1.85. The summed E-state index contributed by atoms with van der Waals surface area (Å²) in [5.41, 5.74) is 6.68. The minimum atomic E-state index is -0.135. The fourth-order valence-corrected chi connectivity index (χ4v) is 1.83. The molecule has 5 nitrogen and oxygen atoms in total. The van der Waals surface area contributed by atoms with Crippen molar-refractivity contribution in [1.29, 1.82) is 0 Å². The molecule has 0 saturated carbocycles. The van der Waals surface area contributed by atoms with Crippen LogP contribution in [0.1, 0.15) is 28.6 Å². The highest BCUT2D eigenvalue weighted by atomic mass is 15.2. The van der Waals surface area contributed by atoms with E-state index in [4.69, 9.17) is 5.84 Å². The Morgan fingerprint density at radius 2 is 1.88 bits per heavy atom. The Labute approximate surface area is 100 Å². The van der Waals surface area contributed by atoms with Gasteiger partial charge in [0.2, 0.25) is 0 Å². The fourth-order valence-electron chi connectivity index (χ4n) is 1.83. The standard InChI is InChI=1S/C12H15N5/c1-8-3-4-11(9(2)16-8)12(17-13)10-5-14-7-15-6-10/h3-7,12,17H,13H2,1-2H3. The highest BCUT2D eigenvalue weighted by molar-refractivity contribution is 5.32. The summed E-state index contributed by atoms with van der Waals surface area (Å²) in [6.07, 6.45) is 4.99. The van der Waals surface area contributed by atoms with Crippen molar-refractivity contribution in [2.45, 2.75) is 19.9 Å². The van der Waals surface area contributed by atoms with Crippen molar-refractivity contribution in [1.82, 2.24) is 20.4 Å². The second-order valence-electron chi connectivity index (χ2n) is 3.90. The van der Waals surface area contributed by atoms with Crippen molar-refractivity contribution in [3.63, 3.8) is 0 Å². The Bertz CT molecular complexity index is 498. The molecule has 1 unspecified atom stereocenters. The van der Waals surface area contributed by atoms with Crippen LogP contribution in [-0.4, -0.2) is 15.0 Å². The molecule has 0 aliphatic heterocycles. The van der Waals surface area contributed by atoms with E-state index in [0.29, 0.717) is 0 Å². The molecule has 0 aliphatic rings. The lowest BCUT2D eigenvalue weighted by Gasteiger charge is -2.17. The van der Waals surface area contributed by atoms with Crippen molar-refractivity contribution in [3.05, 3.63) is 53.4 Å². The van der Waals surface area contributed by atoms with E-state index >= 15 is 0 Å². The molecule has 17 heavy (non-hydrogen) atoms. The van der Waals surface area contributed by atoms with E-state index in [1.165, 1.54) is 6.33 Å². The third-order valence-corrected chi connectivity index (χ3v) is 2.66. The highest BCUT2D eigenvalue weighted by Gasteiger charge is 2.15. The lowest BCUT2D eigenvalue weighted by atomic mass is 10.0. The maximum Gasteiger partial charge on any atom is 0.115 e. The van der Waals surface area contributed by atoms with Crippen LogP contribution in [0.4, 0.5) is 0 Å². The van der Waals surface area contributed by atoms with Gasteiger partial charge in [-0.2, -0.15) is 0 Å². The van der Waals surface area contributed by atoms with Gasteiger partial charge in [0.05, 0.1) is 6.04 Å². The summed E-state index contributed by atoms with van der Waals surface area (Å²) in [4.78, 5) is 12.4. The van der Waals surface area contributed by atoms with Crippen molar-refractivity contribution in [2.75, 3.05) is 0 Å². The van der Waals surface area contributed by atoms with Crippen LogP contribution in [-0.2, 0) is 0 Å². The van der Waals surface area contributed by atoms with E-state index in [2.05, 4.69) is 20.4 Å². The lowest BCUT2D eigenvalue weighted by Crippen LogP contribution is -2.29. The van der Waals surface area contributed by atoms with Crippen LogP contribution in [0.15, 0.2) is 30.9 Å². The highest BCUT2D eigenvalue weighted by Crippen LogP contribution is 2.22. The SMILES string of the molecule is Cc1ccc(C(NN)c2cncnc2)c(C)n1. The van der Waals surface area contributed by atoms with Crippen LogP contribution in [0.2, 0.25) is 0 Å². The maximum absolute atomic E-state index is 5.61. The molecule has 3 N–H and O–H groups in total. The zero-order valence-electron chi connectivity index (χ0n) is 9.88. The second kappa shape index (κ2) is 4.99. The van der Waals surface area contributed by atoms with Gasteiger partial charge in [0, 0.05) is 29.3 Å². The number of nitrogens with one attached hydrogen (secondary N) is 1. The molecule has 0 bridgehead atoms. The smallest absolute Gasteiger partial charge is 0.115 e. The van der Waals surface area contributed by atoms with Gasteiger partial charge in [0.1, 0.15) is 6.33 Å². The zero-order valence-corrected chi connectivity index (χ0v) is 9.88. The summed E-state index contributed by atoms with van der Waals surface area (Å²) < 4.78 is 0. The van der Waals surface area contributed by atoms with Crippen molar-refractivity contribution >= 4 is 0 Å². The topological polar surface area (TPSA) is 76.7 Å². The molecular weight excluding hydrogens is 214 g/mol. The minimum Gasteiger partial charge on any atom is -0.271 e. The third kappa shape index (κ3) is 2.46. The number of nitrogens with two attached hydrogens (primary N) is 1. The van der Waals surface area contributed by atoms with E-state index in [-0.39, 0.29) is 6.04 Å². The van der Waals surface area contributed by atoms with Crippen molar-refractivity contribution in [2.24, 2.45) is 5.84 Å². The summed E-state index contributed by atoms with van der Waals surface area (Å²) >= 11 is 0. The van der Waals surface area contributed by atoms with Gasteiger partial charge in [-0.05, 0) is 25.5 Å². The Kier molecular flexibility index (Phi) is 3.41. The molecule has 0 fully saturated rings. The maximum atomic E-state index is 5.61. The van der Waals surface area contributed by atoms with Gasteiger partial charge < -0.3 is 0 Å².